The van der Waals surface area contributed by atoms with Crippen LogP contribution in [0.15, 0.2) is 0 Å². The Hall–Kier alpha value is -0.0800. The molecule has 0 aromatic carbocycles. The summed E-state index contributed by atoms with van der Waals surface area (Å²) in [6, 6.07) is 1.32. The van der Waals surface area contributed by atoms with Gasteiger partial charge in [0.15, 0.2) is 0 Å². The molecule has 2 N–H and O–H groups in total. The minimum Gasteiger partial charge on any atom is -0.326 e. The molecule has 0 bridgehead atoms. The van der Waals surface area contributed by atoms with Crippen LogP contribution in [0.5, 0.6) is 0 Å². The zero-order valence-corrected chi connectivity index (χ0v) is 9.25. The maximum Gasteiger partial charge on any atom is 0.0180 e. The second-order valence-corrected chi connectivity index (χ2v) is 5.04. The first-order valence-corrected chi connectivity index (χ1v) is 6.36. The van der Waals surface area contributed by atoms with E-state index in [0.717, 1.165) is 12.6 Å². The molecule has 1 aliphatic heterocycles. The normalized spacial score (nSPS) is 32.8. The van der Waals surface area contributed by atoms with E-state index >= 15 is 0 Å². The van der Waals surface area contributed by atoms with Gasteiger partial charge in [-0.25, -0.2) is 0 Å². The van der Waals surface area contributed by atoms with Crippen LogP contribution in [-0.2, 0) is 0 Å². The van der Waals surface area contributed by atoms with E-state index in [1.165, 1.54) is 57.9 Å². The van der Waals surface area contributed by atoms with Crippen molar-refractivity contribution in [1.82, 2.24) is 4.90 Å². The molecule has 0 amide bonds. The van der Waals surface area contributed by atoms with Crippen LogP contribution in [0.3, 0.4) is 0 Å². The summed E-state index contributed by atoms with van der Waals surface area (Å²) in [5.74, 6) is 0. The summed E-state index contributed by atoms with van der Waals surface area (Å²) in [6.07, 6.45) is 11.3. The lowest BCUT2D eigenvalue weighted by Crippen LogP contribution is -2.35. The van der Waals surface area contributed by atoms with E-state index in [-0.39, 0.29) is 0 Å². The van der Waals surface area contributed by atoms with Gasteiger partial charge in [0.25, 0.3) is 0 Å². The molecule has 0 spiro atoms. The van der Waals surface area contributed by atoms with E-state index in [4.69, 9.17) is 5.73 Å². The highest BCUT2D eigenvalue weighted by molar-refractivity contribution is 4.83. The zero-order valence-electron chi connectivity index (χ0n) is 9.25. The Morgan fingerprint density at radius 1 is 0.857 bits per heavy atom. The highest BCUT2D eigenvalue weighted by Gasteiger charge is 2.25. The van der Waals surface area contributed by atoms with Gasteiger partial charge in [0.1, 0.15) is 0 Å². The molecule has 2 nitrogen and oxygen atoms in total. The highest BCUT2D eigenvalue weighted by Crippen LogP contribution is 2.23. The summed E-state index contributed by atoms with van der Waals surface area (Å²) in [7, 11) is 0. The molecule has 2 heteroatoms. The Balaban J connectivity index is 1.81. The molecular formula is C12H24N2. The average Bonchev–Trinajstić information content (AvgIpc) is 2.51. The Morgan fingerprint density at radius 3 is 2.07 bits per heavy atom. The Morgan fingerprint density at radius 2 is 1.50 bits per heavy atom. The summed E-state index contributed by atoms with van der Waals surface area (Å²) in [6.45, 7) is 2.41. The van der Waals surface area contributed by atoms with Crippen LogP contribution in [-0.4, -0.2) is 30.1 Å². The zero-order chi connectivity index (χ0) is 9.80. The van der Waals surface area contributed by atoms with Crippen LogP contribution >= 0.6 is 0 Å². The van der Waals surface area contributed by atoms with E-state index in [1.54, 1.807) is 0 Å². The first-order valence-electron chi connectivity index (χ1n) is 6.36. The van der Waals surface area contributed by atoms with Gasteiger partial charge in [-0.2, -0.15) is 0 Å². The molecule has 0 unspecified atom stereocenters. The number of hydrogen-bond acceptors (Lipinski definition) is 2. The standard InChI is InChI=1S/C12H24N2/c13-11-8-9-14(10-11)12-6-4-2-1-3-5-7-12/h11-12H,1-10,13H2/t11-/m1/s1. The molecule has 2 rings (SSSR count). The Labute approximate surface area is 87.8 Å². The number of nitrogens with zero attached hydrogens (tertiary/aromatic N) is 1. The number of nitrogens with two attached hydrogens (primary N) is 1. The maximum atomic E-state index is 5.96. The van der Waals surface area contributed by atoms with Crippen molar-refractivity contribution in [2.24, 2.45) is 5.73 Å². The monoisotopic (exact) mass is 196 g/mol. The fourth-order valence-electron chi connectivity index (χ4n) is 2.95. The lowest BCUT2D eigenvalue weighted by atomic mass is 9.96. The van der Waals surface area contributed by atoms with Gasteiger partial charge in [0.2, 0.25) is 0 Å². The van der Waals surface area contributed by atoms with Gasteiger partial charge < -0.3 is 5.73 Å². The van der Waals surface area contributed by atoms with E-state index in [9.17, 15) is 0 Å². The van der Waals surface area contributed by atoms with Crippen LogP contribution in [0.4, 0.5) is 0 Å². The van der Waals surface area contributed by atoms with Crippen LogP contribution < -0.4 is 5.73 Å². The first kappa shape index (κ1) is 10.4. The van der Waals surface area contributed by atoms with Gasteiger partial charge in [-0.3, -0.25) is 4.90 Å². The van der Waals surface area contributed by atoms with Crippen molar-refractivity contribution in [3.63, 3.8) is 0 Å². The lowest BCUT2D eigenvalue weighted by molar-refractivity contribution is 0.201. The number of rotatable bonds is 1. The van der Waals surface area contributed by atoms with Crippen LogP contribution in [0.25, 0.3) is 0 Å². The molecule has 2 fully saturated rings. The Kier molecular flexibility index (Phi) is 3.82. The molecule has 0 aromatic rings. The SMILES string of the molecule is N[C@@H]1CCN(C2CCCCCCC2)C1. The smallest absolute Gasteiger partial charge is 0.0180 e. The van der Waals surface area contributed by atoms with Crippen LogP contribution in [0.1, 0.15) is 51.4 Å². The fraction of sp³-hybridized carbons (Fsp3) is 1.00. The third-order valence-electron chi connectivity index (χ3n) is 3.85. The number of likely N-dealkylation sites (tertiary alicyclic amines) is 1. The molecule has 1 saturated heterocycles. The van der Waals surface area contributed by atoms with Crippen molar-refractivity contribution >= 4 is 0 Å². The topological polar surface area (TPSA) is 29.3 Å². The van der Waals surface area contributed by atoms with Crippen molar-refractivity contribution in [2.45, 2.75) is 63.5 Å². The first-order chi connectivity index (χ1) is 6.86. The molecule has 1 atom stereocenters. The van der Waals surface area contributed by atoms with Crippen LogP contribution in [0, 0.1) is 0 Å². The van der Waals surface area contributed by atoms with Gasteiger partial charge in [0, 0.05) is 25.2 Å². The predicted octanol–water partition coefficient (Wildman–Crippen LogP) is 2.13. The minimum absolute atomic E-state index is 0.459. The molecule has 1 heterocycles. The fourth-order valence-corrected chi connectivity index (χ4v) is 2.95. The van der Waals surface area contributed by atoms with Crippen LogP contribution in [0.2, 0.25) is 0 Å². The van der Waals surface area contributed by atoms with Crippen molar-refractivity contribution in [2.75, 3.05) is 13.1 Å². The van der Waals surface area contributed by atoms with Crippen molar-refractivity contribution < 1.29 is 0 Å². The molecule has 0 aromatic heterocycles. The van der Waals surface area contributed by atoms with Gasteiger partial charge >= 0.3 is 0 Å². The highest BCUT2D eigenvalue weighted by atomic mass is 15.2. The van der Waals surface area contributed by atoms with E-state index in [1.807, 2.05) is 0 Å². The van der Waals surface area contributed by atoms with Gasteiger partial charge in [-0.05, 0) is 19.3 Å². The second-order valence-electron chi connectivity index (χ2n) is 5.04. The average molecular weight is 196 g/mol. The summed E-state index contributed by atoms with van der Waals surface area (Å²) in [5, 5.41) is 0. The van der Waals surface area contributed by atoms with Gasteiger partial charge in [0.05, 0.1) is 0 Å². The quantitative estimate of drug-likeness (QED) is 0.696. The summed E-state index contributed by atoms with van der Waals surface area (Å²) >= 11 is 0. The van der Waals surface area contributed by atoms with Gasteiger partial charge in [-0.1, -0.05) is 32.1 Å². The molecule has 0 radical (unpaired) electrons. The second kappa shape index (κ2) is 5.13. The predicted molar refractivity (Wildman–Crippen MR) is 60.3 cm³/mol. The third kappa shape index (κ3) is 2.71. The third-order valence-corrected chi connectivity index (χ3v) is 3.85. The molecule has 14 heavy (non-hydrogen) atoms. The number of hydrogen-bond donors (Lipinski definition) is 1. The molecular weight excluding hydrogens is 172 g/mol. The molecule has 1 saturated carbocycles. The summed E-state index contributed by atoms with van der Waals surface area (Å²) in [5.41, 5.74) is 5.96. The van der Waals surface area contributed by atoms with Gasteiger partial charge in [-0.15, -0.1) is 0 Å². The van der Waals surface area contributed by atoms with Crippen molar-refractivity contribution in [3.8, 4) is 0 Å². The lowest BCUT2D eigenvalue weighted by Gasteiger charge is -2.29. The van der Waals surface area contributed by atoms with Crippen molar-refractivity contribution in [3.05, 3.63) is 0 Å². The largest absolute Gasteiger partial charge is 0.326 e. The summed E-state index contributed by atoms with van der Waals surface area (Å²) < 4.78 is 0. The van der Waals surface area contributed by atoms with E-state index in [0.29, 0.717) is 6.04 Å². The van der Waals surface area contributed by atoms with E-state index < -0.39 is 0 Å². The summed E-state index contributed by atoms with van der Waals surface area (Å²) in [4.78, 5) is 2.65. The molecule has 1 aliphatic carbocycles. The Bertz CT molecular complexity index is 162. The minimum atomic E-state index is 0.459. The molecule has 2 aliphatic rings. The van der Waals surface area contributed by atoms with E-state index in [2.05, 4.69) is 4.90 Å². The molecule has 82 valence electrons. The maximum absolute atomic E-state index is 5.96. The van der Waals surface area contributed by atoms with Crippen molar-refractivity contribution in [1.29, 1.82) is 0 Å².